The number of ether oxygens (including phenoxy) is 2. The van der Waals surface area contributed by atoms with E-state index in [1.165, 1.54) is 6.33 Å². The van der Waals surface area contributed by atoms with Gasteiger partial charge in [0.1, 0.15) is 18.7 Å². The van der Waals surface area contributed by atoms with Crippen LogP contribution in [0.15, 0.2) is 59.8 Å². The standard InChI is InChI=1S/C23H27N3O5S/c1-23(2,3)17-7-11-19(12-8-17)32(28,29)26-21-20(16-5-9-18(30-4)10-6-16)22(25-15-24-21)31-14-13-27/h5-12,15,27H,13-14H2,1-4H3,(H,24,25,26). The van der Waals surface area contributed by atoms with Gasteiger partial charge in [0.15, 0.2) is 5.82 Å². The smallest absolute Gasteiger partial charge is 0.263 e. The van der Waals surface area contributed by atoms with E-state index >= 15 is 0 Å². The molecule has 9 heteroatoms. The van der Waals surface area contributed by atoms with Crippen LogP contribution < -0.4 is 14.2 Å². The van der Waals surface area contributed by atoms with Gasteiger partial charge in [-0.2, -0.15) is 0 Å². The number of anilines is 1. The summed E-state index contributed by atoms with van der Waals surface area (Å²) < 4.78 is 39.5. The Labute approximate surface area is 188 Å². The van der Waals surface area contributed by atoms with Crippen molar-refractivity contribution in [3.63, 3.8) is 0 Å². The van der Waals surface area contributed by atoms with Crippen LogP contribution in [0, 0.1) is 0 Å². The van der Waals surface area contributed by atoms with E-state index in [1.807, 2.05) is 0 Å². The maximum atomic E-state index is 13.1. The molecular weight excluding hydrogens is 430 g/mol. The lowest BCUT2D eigenvalue weighted by Crippen LogP contribution is -2.17. The summed E-state index contributed by atoms with van der Waals surface area (Å²) in [5.41, 5.74) is 1.92. The van der Waals surface area contributed by atoms with Gasteiger partial charge in [-0.1, -0.05) is 45.0 Å². The first-order valence-electron chi connectivity index (χ1n) is 10.0. The molecule has 0 spiro atoms. The number of aliphatic hydroxyl groups excluding tert-OH is 1. The van der Waals surface area contributed by atoms with E-state index in [0.717, 1.165) is 5.56 Å². The zero-order chi connectivity index (χ0) is 23.4. The van der Waals surface area contributed by atoms with E-state index in [0.29, 0.717) is 16.9 Å². The molecule has 0 aliphatic heterocycles. The molecule has 0 fully saturated rings. The second-order valence-corrected chi connectivity index (χ2v) is 9.77. The number of aromatic nitrogens is 2. The number of nitrogens with zero attached hydrogens (tertiary/aromatic N) is 2. The Morgan fingerprint density at radius 3 is 2.22 bits per heavy atom. The average Bonchev–Trinajstić information content (AvgIpc) is 2.77. The van der Waals surface area contributed by atoms with Gasteiger partial charge in [0, 0.05) is 0 Å². The molecule has 1 heterocycles. The second kappa shape index (κ2) is 9.54. The van der Waals surface area contributed by atoms with Gasteiger partial charge in [0.2, 0.25) is 5.88 Å². The Bertz CT molecular complexity index is 1160. The van der Waals surface area contributed by atoms with E-state index in [4.69, 9.17) is 14.6 Å². The summed E-state index contributed by atoms with van der Waals surface area (Å²) in [7, 11) is -2.37. The molecule has 2 aromatic carbocycles. The number of rotatable bonds is 8. The highest BCUT2D eigenvalue weighted by molar-refractivity contribution is 7.92. The fourth-order valence-electron chi connectivity index (χ4n) is 3.04. The number of hydrogen-bond acceptors (Lipinski definition) is 7. The Morgan fingerprint density at radius 1 is 1.00 bits per heavy atom. The molecule has 0 saturated carbocycles. The van der Waals surface area contributed by atoms with E-state index in [1.54, 1.807) is 55.6 Å². The van der Waals surface area contributed by atoms with Gasteiger partial charge in [-0.05, 0) is 40.8 Å². The molecule has 8 nitrogen and oxygen atoms in total. The monoisotopic (exact) mass is 457 g/mol. The zero-order valence-corrected chi connectivity index (χ0v) is 19.3. The van der Waals surface area contributed by atoms with E-state index < -0.39 is 10.0 Å². The summed E-state index contributed by atoms with van der Waals surface area (Å²) in [4.78, 5) is 8.40. The quantitative estimate of drug-likeness (QED) is 0.531. The Kier molecular flexibility index (Phi) is 7.00. The third kappa shape index (κ3) is 5.35. The number of nitrogens with one attached hydrogen (secondary N) is 1. The van der Waals surface area contributed by atoms with Gasteiger partial charge in [0.05, 0.1) is 24.2 Å². The number of hydrogen-bond donors (Lipinski definition) is 2. The van der Waals surface area contributed by atoms with Crippen LogP contribution >= 0.6 is 0 Å². The highest BCUT2D eigenvalue weighted by Crippen LogP contribution is 2.36. The largest absolute Gasteiger partial charge is 0.497 e. The Hall–Kier alpha value is -3.17. The van der Waals surface area contributed by atoms with Crippen molar-refractivity contribution in [2.24, 2.45) is 0 Å². The highest BCUT2D eigenvalue weighted by atomic mass is 32.2. The average molecular weight is 458 g/mol. The molecule has 0 saturated heterocycles. The van der Waals surface area contributed by atoms with Crippen molar-refractivity contribution < 1.29 is 23.0 Å². The molecule has 2 N–H and O–H groups in total. The summed E-state index contributed by atoms with van der Waals surface area (Å²) in [6.45, 7) is 5.97. The van der Waals surface area contributed by atoms with Crippen molar-refractivity contribution in [3.05, 3.63) is 60.4 Å². The van der Waals surface area contributed by atoms with Crippen LogP contribution in [0.4, 0.5) is 5.82 Å². The SMILES string of the molecule is COc1ccc(-c2c(NS(=O)(=O)c3ccc(C(C)(C)C)cc3)ncnc2OCCO)cc1. The molecule has 3 aromatic rings. The van der Waals surface area contributed by atoms with Crippen LogP contribution in [0.1, 0.15) is 26.3 Å². The minimum Gasteiger partial charge on any atom is -0.497 e. The first-order valence-corrected chi connectivity index (χ1v) is 11.5. The van der Waals surface area contributed by atoms with Crippen LogP contribution in [0.25, 0.3) is 11.1 Å². The molecule has 0 atom stereocenters. The van der Waals surface area contributed by atoms with Crippen molar-refractivity contribution in [3.8, 4) is 22.8 Å². The predicted octanol–water partition coefficient (Wildman–Crippen LogP) is 3.62. The zero-order valence-electron chi connectivity index (χ0n) is 18.5. The lowest BCUT2D eigenvalue weighted by atomic mass is 9.87. The van der Waals surface area contributed by atoms with Crippen LogP contribution in [0.2, 0.25) is 0 Å². The normalized spacial score (nSPS) is 11.8. The summed E-state index contributed by atoms with van der Waals surface area (Å²) in [5.74, 6) is 0.863. The molecule has 0 aliphatic carbocycles. The molecule has 0 amide bonds. The van der Waals surface area contributed by atoms with Crippen molar-refractivity contribution in [1.82, 2.24) is 9.97 Å². The number of benzene rings is 2. The molecular formula is C23H27N3O5S. The van der Waals surface area contributed by atoms with Gasteiger partial charge in [0.25, 0.3) is 10.0 Å². The predicted molar refractivity (Wildman–Crippen MR) is 123 cm³/mol. The number of sulfonamides is 1. The van der Waals surface area contributed by atoms with Gasteiger partial charge in [-0.3, -0.25) is 4.72 Å². The second-order valence-electron chi connectivity index (χ2n) is 8.08. The van der Waals surface area contributed by atoms with Crippen molar-refractivity contribution in [2.75, 3.05) is 25.0 Å². The maximum absolute atomic E-state index is 13.1. The molecule has 1 aromatic heterocycles. The third-order valence-corrected chi connectivity index (χ3v) is 6.14. The molecule has 32 heavy (non-hydrogen) atoms. The first-order chi connectivity index (χ1) is 15.2. The van der Waals surface area contributed by atoms with Gasteiger partial charge in [-0.15, -0.1) is 0 Å². The molecule has 3 rings (SSSR count). The minimum absolute atomic E-state index is 0.000618. The summed E-state index contributed by atoms with van der Waals surface area (Å²) >= 11 is 0. The van der Waals surface area contributed by atoms with Crippen molar-refractivity contribution in [2.45, 2.75) is 31.1 Å². The van der Waals surface area contributed by atoms with Crippen molar-refractivity contribution >= 4 is 15.8 Å². The van der Waals surface area contributed by atoms with Crippen molar-refractivity contribution in [1.29, 1.82) is 0 Å². The third-order valence-electron chi connectivity index (χ3n) is 4.78. The van der Waals surface area contributed by atoms with Crippen LogP contribution in [-0.4, -0.2) is 43.8 Å². The summed E-state index contributed by atoms with van der Waals surface area (Å²) in [6, 6.07) is 13.7. The van der Waals surface area contributed by atoms with E-state index in [9.17, 15) is 8.42 Å². The molecule has 0 aliphatic rings. The Balaban J connectivity index is 2.02. The highest BCUT2D eigenvalue weighted by Gasteiger charge is 2.22. The van der Waals surface area contributed by atoms with E-state index in [-0.39, 0.29) is 35.2 Å². The fraction of sp³-hybridized carbons (Fsp3) is 0.304. The Morgan fingerprint density at radius 2 is 1.66 bits per heavy atom. The number of methoxy groups -OCH3 is 1. The lowest BCUT2D eigenvalue weighted by molar-refractivity contribution is 0.197. The van der Waals surface area contributed by atoms with Gasteiger partial charge < -0.3 is 14.6 Å². The fourth-order valence-corrected chi connectivity index (χ4v) is 4.06. The molecule has 170 valence electrons. The van der Waals surface area contributed by atoms with Crippen LogP contribution in [0.5, 0.6) is 11.6 Å². The summed E-state index contributed by atoms with van der Waals surface area (Å²) in [6.07, 6.45) is 1.21. The van der Waals surface area contributed by atoms with Crippen LogP contribution in [0.3, 0.4) is 0 Å². The molecule has 0 radical (unpaired) electrons. The summed E-state index contributed by atoms with van der Waals surface area (Å²) in [5, 5.41) is 9.14. The lowest BCUT2D eigenvalue weighted by Gasteiger charge is -2.19. The minimum atomic E-state index is -3.93. The van der Waals surface area contributed by atoms with Crippen LogP contribution in [-0.2, 0) is 15.4 Å². The van der Waals surface area contributed by atoms with E-state index in [2.05, 4.69) is 35.5 Å². The first kappa shape index (κ1) is 23.5. The number of aliphatic hydroxyl groups is 1. The molecule has 0 unspecified atom stereocenters. The van der Waals surface area contributed by atoms with Gasteiger partial charge >= 0.3 is 0 Å². The molecule has 0 bridgehead atoms. The van der Waals surface area contributed by atoms with Gasteiger partial charge in [-0.25, -0.2) is 18.4 Å². The topological polar surface area (TPSA) is 111 Å². The maximum Gasteiger partial charge on any atom is 0.263 e.